The molecule has 0 bridgehead atoms. The molecule has 16 heavy (non-hydrogen) atoms. The Morgan fingerprint density at radius 1 is 1.50 bits per heavy atom. The molecule has 0 atom stereocenters. The molecule has 0 spiro atoms. The molecule has 1 aromatic carbocycles. The summed E-state index contributed by atoms with van der Waals surface area (Å²) in [4.78, 5) is 14.8. The van der Waals surface area contributed by atoms with Crippen molar-refractivity contribution in [2.45, 2.75) is 6.92 Å². The first-order valence-corrected chi connectivity index (χ1v) is 5.62. The van der Waals surface area contributed by atoms with Crippen molar-refractivity contribution in [3.63, 3.8) is 0 Å². The van der Waals surface area contributed by atoms with Gasteiger partial charge in [-0.3, -0.25) is 0 Å². The first-order chi connectivity index (χ1) is 7.58. The number of carboxylic acids is 1. The van der Waals surface area contributed by atoms with Crippen LogP contribution in [0.5, 0.6) is 0 Å². The van der Waals surface area contributed by atoms with Crippen LogP contribution in [0, 0.1) is 10.5 Å². The third-order valence-corrected chi connectivity index (χ3v) is 2.74. The zero-order chi connectivity index (χ0) is 11.7. The number of oxazole rings is 1. The molecule has 1 N–H and O–H groups in total. The molecule has 2 rings (SSSR count). The summed E-state index contributed by atoms with van der Waals surface area (Å²) in [5.74, 6) is -0.409. The number of nitrogens with zero attached hydrogens (tertiary/aromatic N) is 1. The van der Waals surface area contributed by atoms with Gasteiger partial charge in [0.1, 0.15) is 5.76 Å². The SMILES string of the molecule is Cc1oc(-c2cccc(I)c2)nc1C(=O)O. The summed E-state index contributed by atoms with van der Waals surface area (Å²) in [7, 11) is 0. The van der Waals surface area contributed by atoms with Crippen molar-refractivity contribution in [2.75, 3.05) is 0 Å². The Hall–Kier alpha value is -1.37. The molecule has 0 saturated heterocycles. The van der Waals surface area contributed by atoms with E-state index in [-0.39, 0.29) is 5.69 Å². The first-order valence-electron chi connectivity index (χ1n) is 4.54. The van der Waals surface area contributed by atoms with E-state index in [1.165, 1.54) is 0 Å². The number of hydrogen-bond acceptors (Lipinski definition) is 3. The van der Waals surface area contributed by atoms with Crippen LogP contribution < -0.4 is 0 Å². The molecular weight excluding hydrogens is 321 g/mol. The Balaban J connectivity index is 2.49. The maximum absolute atomic E-state index is 10.8. The average Bonchev–Trinajstić information content (AvgIpc) is 2.60. The minimum absolute atomic E-state index is 0.0335. The van der Waals surface area contributed by atoms with Gasteiger partial charge in [-0.25, -0.2) is 9.78 Å². The molecule has 1 aromatic heterocycles. The van der Waals surface area contributed by atoms with Gasteiger partial charge in [0, 0.05) is 9.13 Å². The van der Waals surface area contributed by atoms with E-state index in [0.29, 0.717) is 11.7 Å². The fourth-order valence-electron chi connectivity index (χ4n) is 1.34. The zero-order valence-corrected chi connectivity index (χ0v) is 10.6. The van der Waals surface area contributed by atoms with E-state index in [0.717, 1.165) is 9.13 Å². The van der Waals surface area contributed by atoms with Crippen molar-refractivity contribution < 1.29 is 14.3 Å². The van der Waals surface area contributed by atoms with Crippen molar-refractivity contribution in [1.29, 1.82) is 0 Å². The monoisotopic (exact) mass is 329 g/mol. The lowest BCUT2D eigenvalue weighted by molar-refractivity contribution is 0.0689. The van der Waals surface area contributed by atoms with Gasteiger partial charge < -0.3 is 9.52 Å². The van der Waals surface area contributed by atoms with Gasteiger partial charge in [-0.05, 0) is 47.7 Å². The Morgan fingerprint density at radius 2 is 2.25 bits per heavy atom. The van der Waals surface area contributed by atoms with Gasteiger partial charge in [-0.2, -0.15) is 0 Å². The fourth-order valence-corrected chi connectivity index (χ4v) is 1.88. The zero-order valence-electron chi connectivity index (χ0n) is 8.40. The number of aromatic nitrogens is 1. The van der Waals surface area contributed by atoms with Gasteiger partial charge in [0.25, 0.3) is 0 Å². The largest absolute Gasteiger partial charge is 0.476 e. The van der Waals surface area contributed by atoms with Gasteiger partial charge in [-0.15, -0.1) is 0 Å². The third-order valence-electron chi connectivity index (χ3n) is 2.07. The lowest BCUT2D eigenvalue weighted by atomic mass is 10.2. The van der Waals surface area contributed by atoms with Crippen LogP contribution in [0.2, 0.25) is 0 Å². The van der Waals surface area contributed by atoms with E-state index in [9.17, 15) is 4.79 Å². The molecule has 0 radical (unpaired) electrons. The van der Waals surface area contributed by atoms with Crippen LogP contribution in [0.3, 0.4) is 0 Å². The maximum Gasteiger partial charge on any atom is 0.358 e. The Bertz CT molecular complexity index is 548. The summed E-state index contributed by atoms with van der Waals surface area (Å²) in [5, 5.41) is 8.86. The van der Waals surface area contributed by atoms with Gasteiger partial charge >= 0.3 is 5.97 Å². The number of halogens is 1. The van der Waals surface area contributed by atoms with Gasteiger partial charge in [0.15, 0.2) is 5.69 Å². The number of rotatable bonds is 2. The molecule has 2 aromatic rings. The summed E-state index contributed by atoms with van der Waals surface area (Å²) < 4.78 is 6.37. The van der Waals surface area contributed by atoms with Gasteiger partial charge in [0.2, 0.25) is 5.89 Å². The van der Waals surface area contributed by atoms with Crippen LogP contribution in [0.15, 0.2) is 28.7 Å². The number of aryl methyl sites for hydroxylation is 1. The third kappa shape index (κ3) is 2.08. The van der Waals surface area contributed by atoms with E-state index in [1.807, 2.05) is 24.3 Å². The van der Waals surface area contributed by atoms with Crippen LogP contribution in [-0.4, -0.2) is 16.1 Å². The molecule has 0 fully saturated rings. The van der Waals surface area contributed by atoms with Crippen LogP contribution in [0.25, 0.3) is 11.5 Å². The minimum Gasteiger partial charge on any atom is -0.476 e. The molecule has 0 aliphatic heterocycles. The summed E-state index contributed by atoms with van der Waals surface area (Å²) in [6.07, 6.45) is 0. The van der Waals surface area contributed by atoms with Crippen molar-refractivity contribution in [1.82, 2.24) is 4.98 Å². The van der Waals surface area contributed by atoms with Crippen molar-refractivity contribution in [2.24, 2.45) is 0 Å². The molecular formula is C11H8INO3. The van der Waals surface area contributed by atoms with E-state index in [2.05, 4.69) is 27.6 Å². The Morgan fingerprint density at radius 3 is 2.81 bits per heavy atom. The number of carboxylic acid groups (broad SMARTS) is 1. The van der Waals surface area contributed by atoms with Crippen LogP contribution in [-0.2, 0) is 0 Å². The predicted molar refractivity (Wildman–Crippen MR) is 66.4 cm³/mol. The standard InChI is InChI=1S/C11H8INO3/c1-6-9(11(14)15)13-10(16-6)7-3-2-4-8(12)5-7/h2-5H,1H3,(H,14,15). The minimum atomic E-state index is -1.07. The average molecular weight is 329 g/mol. The molecule has 0 unspecified atom stereocenters. The Kier molecular flexibility index (Phi) is 2.95. The molecule has 0 amide bonds. The molecule has 82 valence electrons. The molecule has 4 nitrogen and oxygen atoms in total. The summed E-state index contributed by atoms with van der Waals surface area (Å²) in [6, 6.07) is 7.53. The van der Waals surface area contributed by atoms with E-state index in [4.69, 9.17) is 9.52 Å². The predicted octanol–water partition coefficient (Wildman–Crippen LogP) is 2.95. The Labute approximate surface area is 105 Å². The quantitative estimate of drug-likeness (QED) is 0.861. The topological polar surface area (TPSA) is 63.3 Å². The maximum atomic E-state index is 10.8. The second-order valence-electron chi connectivity index (χ2n) is 3.24. The lowest BCUT2D eigenvalue weighted by Crippen LogP contribution is -1.98. The second kappa shape index (κ2) is 4.25. The van der Waals surface area contributed by atoms with E-state index >= 15 is 0 Å². The lowest BCUT2D eigenvalue weighted by Gasteiger charge is -1.95. The molecule has 5 heteroatoms. The van der Waals surface area contributed by atoms with Gasteiger partial charge in [0.05, 0.1) is 0 Å². The van der Waals surface area contributed by atoms with Crippen molar-refractivity contribution in [3.05, 3.63) is 39.3 Å². The highest BCUT2D eigenvalue weighted by Gasteiger charge is 2.16. The highest BCUT2D eigenvalue weighted by Crippen LogP contribution is 2.23. The van der Waals surface area contributed by atoms with Crippen LogP contribution >= 0.6 is 22.6 Å². The fraction of sp³-hybridized carbons (Fsp3) is 0.0909. The van der Waals surface area contributed by atoms with Crippen LogP contribution in [0.1, 0.15) is 16.2 Å². The van der Waals surface area contributed by atoms with E-state index in [1.54, 1.807) is 6.92 Å². The number of hydrogen-bond donors (Lipinski definition) is 1. The summed E-state index contributed by atoms with van der Waals surface area (Å²) in [5.41, 5.74) is 0.747. The normalized spacial score (nSPS) is 10.4. The highest BCUT2D eigenvalue weighted by molar-refractivity contribution is 14.1. The molecule has 0 saturated carbocycles. The van der Waals surface area contributed by atoms with Crippen molar-refractivity contribution in [3.8, 4) is 11.5 Å². The smallest absolute Gasteiger partial charge is 0.358 e. The molecule has 1 heterocycles. The second-order valence-corrected chi connectivity index (χ2v) is 4.48. The molecule has 0 aliphatic carbocycles. The first kappa shape index (κ1) is 11.1. The molecule has 0 aliphatic rings. The summed E-state index contributed by atoms with van der Waals surface area (Å²) >= 11 is 2.18. The number of aromatic carboxylic acids is 1. The van der Waals surface area contributed by atoms with Crippen molar-refractivity contribution >= 4 is 28.6 Å². The highest BCUT2D eigenvalue weighted by atomic mass is 127. The number of carbonyl (C=O) groups is 1. The number of benzene rings is 1. The van der Waals surface area contributed by atoms with Crippen LogP contribution in [0.4, 0.5) is 0 Å². The van der Waals surface area contributed by atoms with Gasteiger partial charge in [-0.1, -0.05) is 6.07 Å². The summed E-state index contributed by atoms with van der Waals surface area (Å²) in [6.45, 7) is 1.59. The van der Waals surface area contributed by atoms with E-state index < -0.39 is 5.97 Å².